The van der Waals surface area contributed by atoms with Crippen LogP contribution in [-0.2, 0) is 0 Å². The van der Waals surface area contributed by atoms with Gasteiger partial charge in [-0.2, -0.15) is 0 Å². The fourth-order valence-electron chi connectivity index (χ4n) is 11.0. The summed E-state index contributed by atoms with van der Waals surface area (Å²) in [5.74, 6) is 0. The summed E-state index contributed by atoms with van der Waals surface area (Å²) >= 11 is 0. The predicted octanol–water partition coefficient (Wildman–Crippen LogP) is 16.8. The molecular formula is C62H38N2. The Morgan fingerprint density at radius 2 is 0.812 bits per heavy atom. The molecule has 14 rings (SSSR count). The van der Waals surface area contributed by atoms with E-state index in [4.69, 9.17) is 0 Å². The molecule has 2 heterocycles. The van der Waals surface area contributed by atoms with Gasteiger partial charge in [0.1, 0.15) is 0 Å². The molecule has 64 heavy (non-hydrogen) atoms. The Morgan fingerprint density at radius 1 is 0.234 bits per heavy atom. The molecule has 0 atom stereocenters. The van der Waals surface area contributed by atoms with Crippen LogP contribution in [0.4, 0.5) is 0 Å². The first kappa shape index (κ1) is 35.2. The average molecular weight is 811 g/mol. The molecule has 0 aliphatic heterocycles. The van der Waals surface area contributed by atoms with E-state index in [1.54, 1.807) is 0 Å². The first-order valence-electron chi connectivity index (χ1n) is 22.2. The minimum atomic E-state index is 1.14. The molecule has 0 fully saturated rings. The maximum atomic E-state index is 2.49. The van der Waals surface area contributed by atoms with Crippen molar-refractivity contribution in [1.29, 1.82) is 0 Å². The quantitative estimate of drug-likeness (QED) is 0.164. The van der Waals surface area contributed by atoms with Gasteiger partial charge in [-0.1, -0.05) is 176 Å². The van der Waals surface area contributed by atoms with Crippen molar-refractivity contribution in [2.75, 3.05) is 0 Å². The van der Waals surface area contributed by atoms with Crippen molar-refractivity contribution < 1.29 is 0 Å². The monoisotopic (exact) mass is 810 g/mol. The summed E-state index contributed by atoms with van der Waals surface area (Å²) in [5, 5.41) is 10.1. The number of hydrogen-bond acceptors (Lipinski definition) is 0. The number of aromatic nitrogens is 2. The molecule has 0 bridgehead atoms. The van der Waals surface area contributed by atoms with Gasteiger partial charge in [0, 0.05) is 38.3 Å². The van der Waals surface area contributed by atoms with E-state index in [9.17, 15) is 0 Å². The maximum Gasteiger partial charge on any atom is 0.0619 e. The van der Waals surface area contributed by atoms with Crippen LogP contribution in [0.3, 0.4) is 0 Å². The molecule has 2 heteroatoms. The summed E-state index contributed by atoms with van der Waals surface area (Å²) in [4.78, 5) is 0. The van der Waals surface area contributed by atoms with E-state index < -0.39 is 0 Å². The third-order valence-electron chi connectivity index (χ3n) is 13.8. The molecule has 0 saturated heterocycles. The van der Waals surface area contributed by atoms with Crippen LogP contribution in [0.15, 0.2) is 231 Å². The van der Waals surface area contributed by atoms with E-state index in [1.165, 1.54) is 121 Å². The summed E-state index contributed by atoms with van der Waals surface area (Å²) in [7, 11) is 0. The van der Waals surface area contributed by atoms with Crippen molar-refractivity contribution in [1.82, 2.24) is 9.13 Å². The standard InChI is InChI=1S/C62H38N2/c1-2-17-45(18-3-1)63-58-26-9-8-23-51(58)52-30-28-43(38-60(52)63)42-29-34-59-57(37-42)56-31-27-39-13-4-5-20-48(39)62(56)64(59)46-19-11-15-41(36-46)40-14-10-16-44(35-40)47-32-33-55-50-22-7-6-21-49(50)54-25-12-24-53(47)61(54)55/h1-38H. The van der Waals surface area contributed by atoms with E-state index >= 15 is 0 Å². The molecule has 296 valence electrons. The second-order valence-corrected chi connectivity index (χ2v) is 17.2. The Hall–Kier alpha value is -8.46. The third-order valence-corrected chi connectivity index (χ3v) is 13.8. The van der Waals surface area contributed by atoms with Crippen molar-refractivity contribution in [3.63, 3.8) is 0 Å². The van der Waals surface area contributed by atoms with E-state index in [0.717, 1.165) is 11.4 Å². The van der Waals surface area contributed by atoms with Crippen LogP contribution in [-0.4, -0.2) is 9.13 Å². The molecule has 11 aromatic carbocycles. The summed E-state index contributed by atoms with van der Waals surface area (Å²) in [5.41, 5.74) is 19.7. The van der Waals surface area contributed by atoms with Gasteiger partial charge in [0.05, 0.1) is 22.1 Å². The number of benzene rings is 11. The molecular weight excluding hydrogens is 773 g/mol. The smallest absolute Gasteiger partial charge is 0.0619 e. The van der Waals surface area contributed by atoms with Gasteiger partial charge in [-0.3, -0.25) is 0 Å². The lowest BCUT2D eigenvalue weighted by Gasteiger charge is -2.14. The molecule has 0 N–H and O–H groups in total. The Labute approximate surface area is 370 Å². The highest BCUT2D eigenvalue weighted by molar-refractivity contribution is 6.20. The molecule has 0 amide bonds. The van der Waals surface area contributed by atoms with E-state index in [2.05, 4.69) is 240 Å². The molecule has 2 nitrogen and oxygen atoms in total. The van der Waals surface area contributed by atoms with E-state index in [0.29, 0.717) is 0 Å². The third kappa shape index (κ3) is 5.08. The van der Waals surface area contributed by atoms with Crippen molar-refractivity contribution in [3.8, 4) is 67.0 Å². The van der Waals surface area contributed by atoms with Crippen molar-refractivity contribution >= 4 is 65.2 Å². The molecule has 1 aliphatic carbocycles. The average Bonchev–Trinajstić information content (AvgIpc) is 4.00. The van der Waals surface area contributed by atoms with Crippen LogP contribution in [0.5, 0.6) is 0 Å². The fourth-order valence-corrected chi connectivity index (χ4v) is 11.0. The first-order chi connectivity index (χ1) is 31.7. The zero-order valence-electron chi connectivity index (χ0n) is 34.8. The van der Waals surface area contributed by atoms with Gasteiger partial charge < -0.3 is 9.13 Å². The van der Waals surface area contributed by atoms with Gasteiger partial charge in [0.25, 0.3) is 0 Å². The Bertz CT molecular complexity index is 4040. The highest BCUT2D eigenvalue weighted by Crippen LogP contribution is 2.49. The number of hydrogen-bond donors (Lipinski definition) is 0. The zero-order valence-corrected chi connectivity index (χ0v) is 34.8. The molecule has 13 aromatic rings. The predicted molar refractivity (Wildman–Crippen MR) is 271 cm³/mol. The largest absolute Gasteiger partial charge is 0.309 e. The number of rotatable bonds is 5. The van der Waals surface area contributed by atoms with Crippen LogP contribution < -0.4 is 0 Å². The molecule has 0 saturated carbocycles. The lowest BCUT2D eigenvalue weighted by molar-refractivity contribution is 1.18. The van der Waals surface area contributed by atoms with Gasteiger partial charge in [0.15, 0.2) is 0 Å². The van der Waals surface area contributed by atoms with Crippen LogP contribution in [0.2, 0.25) is 0 Å². The van der Waals surface area contributed by atoms with Gasteiger partial charge in [0.2, 0.25) is 0 Å². The highest BCUT2D eigenvalue weighted by atomic mass is 15.0. The lowest BCUT2D eigenvalue weighted by atomic mass is 9.92. The van der Waals surface area contributed by atoms with Crippen LogP contribution in [0.25, 0.3) is 132 Å². The van der Waals surface area contributed by atoms with Crippen LogP contribution >= 0.6 is 0 Å². The Kier molecular flexibility index (Phi) is 7.43. The summed E-state index contributed by atoms with van der Waals surface area (Å²) < 4.78 is 4.89. The van der Waals surface area contributed by atoms with Crippen molar-refractivity contribution in [2.45, 2.75) is 0 Å². The normalized spacial score (nSPS) is 12.1. The van der Waals surface area contributed by atoms with Crippen molar-refractivity contribution in [3.05, 3.63) is 231 Å². The summed E-state index contributed by atoms with van der Waals surface area (Å²) in [6.07, 6.45) is 0. The Morgan fingerprint density at radius 3 is 1.70 bits per heavy atom. The SMILES string of the molecule is c1ccc(-n2c3ccccc3c3ccc(-c4ccc5c(c4)c4ccc6ccccc6c4n5-c4cccc(-c5cccc(-c6ccc7c8c(cccc68)-c6ccccc6-7)c5)c4)cc32)cc1. The van der Waals surface area contributed by atoms with Gasteiger partial charge in [-0.15, -0.1) is 0 Å². The number of fused-ring (bicyclic) bond motifs is 11. The molecule has 0 spiro atoms. The molecule has 0 unspecified atom stereocenters. The second kappa shape index (κ2) is 13.5. The van der Waals surface area contributed by atoms with Gasteiger partial charge in [-0.05, 0) is 126 Å². The second-order valence-electron chi connectivity index (χ2n) is 17.2. The lowest BCUT2D eigenvalue weighted by Crippen LogP contribution is -1.95. The highest BCUT2D eigenvalue weighted by Gasteiger charge is 2.23. The van der Waals surface area contributed by atoms with Crippen LogP contribution in [0, 0.1) is 0 Å². The fraction of sp³-hybridized carbons (Fsp3) is 0. The van der Waals surface area contributed by atoms with Gasteiger partial charge in [-0.25, -0.2) is 0 Å². The maximum absolute atomic E-state index is 2.49. The first-order valence-corrected chi connectivity index (χ1v) is 22.2. The summed E-state index contributed by atoms with van der Waals surface area (Å²) in [6.45, 7) is 0. The van der Waals surface area contributed by atoms with E-state index in [1.807, 2.05) is 0 Å². The molecule has 0 radical (unpaired) electrons. The summed E-state index contributed by atoms with van der Waals surface area (Å²) in [6, 6.07) is 85.3. The number of para-hydroxylation sites is 2. The number of nitrogens with zero attached hydrogens (tertiary/aromatic N) is 2. The minimum Gasteiger partial charge on any atom is -0.309 e. The minimum absolute atomic E-state index is 1.14. The van der Waals surface area contributed by atoms with E-state index in [-0.39, 0.29) is 0 Å². The Balaban J connectivity index is 0.921. The molecule has 2 aromatic heterocycles. The van der Waals surface area contributed by atoms with Gasteiger partial charge >= 0.3 is 0 Å². The van der Waals surface area contributed by atoms with Crippen molar-refractivity contribution in [2.24, 2.45) is 0 Å². The topological polar surface area (TPSA) is 9.86 Å². The zero-order chi connectivity index (χ0) is 41.9. The molecule has 1 aliphatic rings. The van der Waals surface area contributed by atoms with Crippen LogP contribution in [0.1, 0.15) is 0 Å².